The summed E-state index contributed by atoms with van der Waals surface area (Å²) in [5.74, 6) is 0.259. The monoisotopic (exact) mass is 390 g/mol. The van der Waals surface area contributed by atoms with Gasteiger partial charge in [0.2, 0.25) is 5.88 Å². The number of halogens is 3. The summed E-state index contributed by atoms with van der Waals surface area (Å²) in [5.41, 5.74) is 1.29. The van der Waals surface area contributed by atoms with Crippen molar-refractivity contribution in [3.05, 3.63) is 48.5 Å². The molecule has 0 aromatic carbocycles. The number of nitrogens with zero attached hydrogens (tertiary/aromatic N) is 6. The molecule has 0 aliphatic rings. The fraction of sp³-hybridized carbons (Fsp3) is 0.188. The average molecular weight is 390 g/mol. The minimum absolute atomic E-state index is 0.196. The van der Waals surface area contributed by atoms with E-state index in [1.165, 1.54) is 23.1 Å². The molecule has 0 bridgehead atoms. The second kappa shape index (κ2) is 7.50. The van der Waals surface area contributed by atoms with Crippen LogP contribution >= 0.6 is 0 Å². The van der Waals surface area contributed by atoms with E-state index < -0.39 is 19.3 Å². The first-order valence-corrected chi connectivity index (χ1v) is 8.08. The molecule has 144 valence electrons. The maximum absolute atomic E-state index is 13.7. The highest BCUT2D eigenvalue weighted by molar-refractivity contribution is 5.72. The minimum Gasteiger partial charge on any atom is -0.417 e. The van der Waals surface area contributed by atoms with Gasteiger partial charge in [0.15, 0.2) is 17.3 Å². The summed E-state index contributed by atoms with van der Waals surface area (Å²) in [6.07, 6.45) is 4.46. The van der Waals surface area contributed by atoms with E-state index >= 15 is 0 Å². The predicted octanol–water partition coefficient (Wildman–Crippen LogP) is 2.85. The van der Waals surface area contributed by atoms with Crippen molar-refractivity contribution in [3.63, 3.8) is 0 Å². The van der Waals surface area contributed by atoms with Gasteiger partial charge in [-0.1, -0.05) is 6.07 Å². The van der Waals surface area contributed by atoms with Crippen LogP contribution in [-0.2, 0) is 0 Å². The molecule has 0 radical (unpaired) electrons. The van der Waals surface area contributed by atoms with Crippen LogP contribution in [0.3, 0.4) is 0 Å². The highest BCUT2D eigenvalue weighted by Crippen LogP contribution is 2.23. The molecule has 0 spiro atoms. The molecular weight excluding hydrogens is 377 g/mol. The zero-order valence-corrected chi connectivity index (χ0v) is 14.1. The molecule has 4 aromatic heterocycles. The van der Waals surface area contributed by atoms with Crippen molar-refractivity contribution < 1.29 is 17.9 Å². The highest BCUT2D eigenvalue weighted by Gasteiger charge is 2.20. The molecule has 4 rings (SSSR count). The standard InChI is InChI=1S/C16H13F3N8O/c17-6-11(9-3-1-2-4-20-9)27-15-10(7-22-27)21-8-13(24-15)23-12-5-14(26-25-12)28-16(18)19/h1-5,7-8,11,16H,6H2,(H2,23,24,25,26)/t11-/m1/s1. The number of H-pyrrole nitrogens is 1. The summed E-state index contributed by atoms with van der Waals surface area (Å²) in [6.45, 7) is -3.70. The van der Waals surface area contributed by atoms with Gasteiger partial charge in [-0.3, -0.25) is 4.98 Å². The first kappa shape index (κ1) is 17.7. The number of anilines is 2. The van der Waals surface area contributed by atoms with E-state index in [1.807, 2.05) is 0 Å². The van der Waals surface area contributed by atoms with Crippen LogP contribution in [-0.4, -0.2) is 48.2 Å². The third kappa shape index (κ3) is 3.56. The third-order valence-electron chi connectivity index (χ3n) is 3.80. The summed E-state index contributed by atoms with van der Waals surface area (Å²) in [4.78, 5) is 12.8. The van der Waals surface area contributed by atoms with Gasteiger partial charge >= 0.3 is 6.61 Å². The van der Waals surface area contributed by atoms with Crippen molar-refractivity contribution in [2.75, 3.05) is 12.0 Å². The first-order chi connectivity index (χ1) is 13.6. The van der Waals surface area contributed by atoms with Gasteiger partial charge in [0, 0.05) is 12.3 Å². The van der Waals surface area contributed by atoms with Crippen molar-refractivity contribution in [1.82, 2.24) is 34.9 Å². The summed E-state index contributed by atoms with van der Waals surface area (Å²) >= 11 is 0. The summed E-state index contributed by atoms with van der Waals surface area (Å²) in [7, 11) is 0. The molecule has 0 amide bonds. The second-order valence-electron chi connectivity index (χ2n) is 5.60. The number of fused-ring (bicyclic) bond motifs is 1. The molecule has 4 aromatic rings. The van der Waals surface area contributed by atoms with Crippen LogP contribution < -0.4 is 10.1 Å². The number of pyridine rings is 1. The van der Waals surface area contributed by atoms with E-state index in [2.05, 4.69) is 40.3 Å². The lowest BCUT2D eigenvalue weighted by Crippen LogP contribution is -2.16. The molecule has 2 N–H and O–H groups in total. The van der Waals surface area contributed by atoms with Gasteiger partial charge in [0.25, 0.3) is 0 Å². The van der Waals surface area contributed by atoms with E-state index in [0.29, 0.717) is 16.9 Å². The Balaban J connectivity index is 1.63. The Hall–Kier alpha value is -3.70. The maximum Gasteiger partial charge on any atom is 0.388 e. The van der Waals surface area contributed by atoms with Gasteiger partial charge in [0.1, 0.15) is 18.2 Å². The lowest BCUT2D eigenvalue weighted by Gasteiger charge is -2.14. The molecular formula is C16H13F3N8O. The Morgan fingerprint density at radius 1 is 1.18 bits per heavy atom. The van der Waals surface area contributed by atoms with Crippen LogP contribution in [0, 0.1) is 0 Å². The largest absolute Gasteiger partial charge is 0.417 e. The molecule has 0 aliphatic heterocycles. The van der Waals surface area contributed by atoms with Crippen molar-refractivity contribution >= 4 is 22.8 Å². The normalized spacial score (nSPS) is 12.4. The lowest BCUT2D eigenvalue weighted by atomic mass is 10.2. The molecule has 9 nitrogen and oxygen atoms in total. The number of hydrogen-bond acceptors (Lipinski definition) is 7. The van der Waals surface area contributed by atoms with Gasteiger partial charge in [-0.05, 0) is 12.1 Å². The maximum atomic E-state index is 13.7. The predicted molar refractivity (Wildman–Crippen MR) is 92.2 cm³/mol. The van der Waals surface area contributed by atoms with E-state index in [-0.39, 0.29) is 17.5 Å². The van der Waals surface area contributed by atoms with Crippen LogP contribution in [0.25, 0.3) is 11.2 Å². The zero-order valence-electron chi connectivity index (χ0n) is 14.1. The van der Waals surface area contributed by atoms with E-state index in [0.717, 1.165) is 0 Å². The van der Waals surface area contributed by atoms with Crippen molar-refractivity contribution in [3.8, 4) is 5.88 Å². The SMILES string of the molecule is FC[C@H](c1ccccn1)n1ncc2ncc(Nc3cc(OC(F)F)[nH]n3)nc21. The van der Waals surface area contributed by atoms with Gasteiger partial charge in [-0.25, -0.2) is 24.1 Å². The topological polar surface area (TPSA) is 106 Å². The Bertz CT molecular complexity index is 1070. The van der Waals surface area contributed by atoms with Crippen LogP contribution in [0.15, 0.2) is 42.9 Å². The fourth-order valence-electron chi connectivity index (χ4n) is 2.61. The second-order valence-corrected chi connectivity index (χ2v) is 5.60. The zero-order chi connectivity index (χ0) is 19.5. The summed E-state index contributed by atoms with van der Waals surface area (Å²) in [5, 5.41) is 13.1. The van der Waals surface area contributed by atoms with E-state index in [1.54, 1.807) is 24.4 Å². The highest BCUT2D eigenvalue weighted by atomic mass is 19.3. The molecule has 4 heterocycles. The lowest BCUT2D eigenvalue weighted by molar-refractivity contribution is -0.0528. The Labute approximate surface area is 155 Å². The fourth-order valence-corrected chi connectivity index (χ4v) is 2.61. The van der Waals surface area contributed by atoms with Crippen LogP contribution in [0.1, 0.15) is 11.7 Å². The molecule has 0 saturated heterocycles. The molecule has 28 heavy (non-hydrogen) atoms. The molecule has 12 heteroatoms. The Morgan fingerprint density at radius 3 is 2.82 bits per heavy atom. The van der Waals surface area contributed by atoms with Crippen LogP contribution in [0.4, 0.5) is 24.8 Å². The molecule has 1 atom stereocenters. The van der Waals surface area contributed by atoms with E-state index in [4.69, 9.17) is 0 Å². The van der Waals surface area contributed by atoms with Crippen LogP contribution in [0.2, 0.25) is 0 Å². The van der Waals surface area contributed by atoms with Crippen LogP contribution in [0.5, 0.6) is 5.88 Å². The molecule has 0 unspecified atom stereocenters. The molecule has 0 saturated carbocycles. The van der Waals surface area contributed by atoms with Gasteiger partial charge in [0.05, 0.1) is 18.1 Å². The number of aromatic nitrogens is 7. The van der Waals surface area contributed by atoms with Gasteiger partial charge < -0.3 is 10.1 Å². The number of alkyl halides is 3. The number of nitrogens with one attached hydrogen (secondary N) is 2. The van der Waals surface area contributed by atoms with Crippen molar-refractivity contribution in [1.29, 1.82) is 0 Å². The number of hydrogen-bond donors (Lipinski definition) is 2. The van der Waals surface area contributed by atoms with Gasteiger partial charge in [-0.15, -0.1) is 0 Å². The number of ether oxygens (including phenoxy) is 1. The minimum atomic E-state index is -2.97. The number of rotatable bonds is 7. The summed E-state index contributed by atoms with van der Waals surface area (Å²) < 4.78 is 43.8. The van der Waals surface area contributed by atoms with Crippen molar-refractivity contribution in [2.24, 2.45) is 0 Å². The molecule has 0 fully saturated rings. The van der Waals surface area contributed by atoms with E-state index in [9.17, 15) is 13.2 Å². The van der Waals surface area contributed by atoms with Crippen molar-refractivity contribution in [2.45, 2.75) is 12.7 Å². The Morgan fingerprint density at radius 2 is 2.07 bits per heavy atom. The molecule has 0 aliphatic carbocycles. The quantitative estimate of drug-likeness (QED) is 0.500. The summed E-state index contributed by atoms with van der Waals surface area (Å²) in [6, 6.07) is 5.67. The average Bonchev–Trinajstić information content (AvgIpc) is 3.30. The van der Waals surface area contributed by atoms with Gasteiger partial charge in [-0.2, -0.15) is 19.0 Å². The smallest absolute Gasteiger partial charge is 0.388 e. The third-order valence-corrected chi connectivity index (χ3v) is 3.80. The number of aromatic amines is 1. The first-order valence-electron chi connectivity index (χ1n) is 8.08. The Kier molecular flexibility index (Phi) is 4.74.